The lowest BCUT2D eigenvalue weighted by Crippen LogP contribution is -2.42. The molecule has 178 valence electrons. The molecular weight excluding hydrogens is 424 g/mol. The molecule has 1 amide bonds. The Morgan fingerprint density at radius 2 is 1.76 bits per heavy atom. The molecule has 1 aromatic heterocycles. The first-order valence-corrected chi connectivity index (χ1v) is 10.8. The van der Waals surface area contributed by atoms with Gasteiger partial charge in [0.25, 0.3) is 5.91 Å². The number of nitrogens with zero attached hydrogens (tertiary/aromatic N) is 1. The lowest BCUT2D eigenvalue weighted by Gasteiger charge is -2.29. The molecule has 0 bridgehead atoms. The van der Waals surface area contributed by atoms with E-state index in [1.807, 2.05) is 32.0 Å². The van der Waals surface area contributed by atoms with Gasteiger partial charge < -0.3 is 19.5 Å². The molecule has 1 N–H and O–H groups in total. The summed E-state index contributed by atoms with van der Waals surface area (Å²) in [5.74, 6) is -1.62. The van der Waals surface area contributed by atoms with Crippen molar-refractivity contribution in [3.05, 3.63) is 53.3 Å². The molecule has 0 saturated heterocycles. The van der Waals surface area contributed by atoms with Crippen LogP contribution in [0.15, 0.2) is 36.5 Å². The van der Waals surface area contributed by atoms with Crippen LogP contribution in [0, 0.1) is 12.8 Å². The van der Waals surface area contributed by atoms with E-state index in [4.69, 9.17) is 14.2 Å². The summed E-state index contributed by atoms with van der Waals surface area (Å²) in [6.07, 6.45) is 0.936. The highest BCUT2D eigenvalue weighted by atomic mass is 16.6. The maximum atomic E-state index is 12.8. The SMILES string of the molecule is COc1ccnc(C(=O)N[C@@H](C)C(=O)O[C@@H](C)[C@H](c2cccc(C)c2)C(C)C)c1OC(C)=O. The van der Waals surface area contributed by atoms with Gasteiger partial charge in [-0.05, 0) is 32.3 Å². The van der Waals surface area contributed by atoms with Crippen LogP contribution in [0.4, 0.5) is 0 Å². The van der Waals surface area contributed by atoms with Gasteiger partial charge in [0.1, 0.15) is 12.1 Å². The second-order valence-corrected chi connectivity index (χ2v) is 8.31. The Labute approximate surface area is 194 Å². The quantitative estimate of drug-likeness (QED) is 0.572. The minimum Gasteiger partial charge on any atom is -0.493 e. The third-order valence-corrected chi connectivity index (χ3v) is 5.20. The van der Waals surface area contributed by atoms with E-state index in [1.54, 1.807) is 0 Å². The molecule has 8 nitrogen and oxygen atoms in total. The van der Waals surface area contributed by atoms with Crippen LogP contribution >= 0.6 is 0 Å². The van der Waals surface area contributed by atoms with Crippen molar-refractivity contribution in [1.29, 1.82) is 0 Å². The summed E-state index contributed by atoms with van der Waals surface area (Å²) >= 11 is 0. The zero-order valence-electron chi connectivity index (χ0n) is 20.2. The molecule has 8 heteroatoms. The molecule has 0 aliphatic rings. The molecule has 0 radical (unpaired) electrons. The lowest BCUT2D eigenvalue weighted by atomic mass is 9.84. The standard InChI is InChI=1S/C25H32N2O6/c1-14(2)21(19-10-8-9-15(3)13-19)17(5)32-25(30)16(4)27-24(29)22-23(33-18(6)28)20(31-7)11-12-26-22/h8-14,16-17,21H,1-7H3,(H,27,29)/t16-,17-,21+/m0/s1. The second kappa shape index (κ2) is 11.4. The molecule has 0 spiro atoms. The fraction of sp³-hybridized carbons (Fsp3) is 0.440. The number of methoxy groups -OCH3 is 1. The van der Waals surface area contributed by atoms with E-state index < -0.39 is 30.0 Å². The zero-order valence-corrected chi connectivity index (χ0v) is 20.2. The number of pyridine rings is 1. The summed E-state index contributed by atoms with van der Waals surface area (Å²) in [7, 11) is 1.38. The summed E-state index contributed by atoms with van der Waals surface area (Å²) in [5, 5.41) is 2.56. The fourth-order valence-electron chi connectivity index (χ4n) is 3.75. The number of hydrogen-bond donors (Lipinski definition) is 1. The van der Waals surface area contributed by atoms with Gasteiger partial charge in [0.2, 0.25) is 5.75 Å². The molecule has 0 aliphatic heterocycles. The first-order valence-electron chi connectivity index (χ1n) is 10.8. The van der Waals surface area contributed by atoms with Gasteiger partial charge in [-0.2, -0.15) is 0 Å². The average Bonchev–Trinajstić information content (AvgIpc) is 2.73. The van der Waals surface area contributed by atoms with Gasteiger partial charge in [0.05, 0.1) is 7.11 Å². The molecule has 1 heterocycles. The highest BCUT2D eigenvalue weighted by molar-refractivity contribution is 5.98. The molecule has 3 atom stereocenters. The highest BCUT2D eigenvalue weighted by Gasteiger charge is 2.29. The van der Waals surface area contributed by atoms with Gasteiger partial charge in [-0.25, -0.2) is 9.78 Å². The number of carbonyl (C=O) groups excluding carboxylic acids is 3. The van der Waals surface area contributed by atoms with Gasteiger partial charge in [0.15, 0.2) is 11.4 Å². The Bertz CT molecular complexity index is 1000. The van der Waals surface area contributed by atoms with Crippen molar-refractivity contribution < 1.29 is 28.6 Å². The minimum absolute atomic E-state index is 0.00706. The van der Waals surface area contributed by atoms with Crippen molar-refractivity contribution in [2.75, 3.05) is 7.11 Å². The van der Waals surface area contributed by atoms with Gasteiger partial charge in [0, 0.05) is 25.1 Å². The smallest absolute Gasteiger partial charge is 0.328 e. The number of benzene rings is 1. The van der Waals surface area contributed by atoms with Crippen LogP contribution in [0.1, 0.15) is 62.2 Å². The van der Waals surface area contributed by atoms with Gasteiger partial charge >= 0.3 is 11.9 Å². The number of amides is 1. The van der Waals surface area contributed by atoms with Crippen LogP contribution in [0.25, 0.3) is 0 Å². The van der Waals surface area contributed by atoms with Crippen molar-refractivity contribution in [2.45, 2.75) is 59.6 Å². The average molecular weight is 457 g/mol. The summed E-state index contributed by atoms with van der Waals surface area (Å²) in [6, 6.07) is 8.63. The van der Waals surface area contributed by atoms with Gasteiger partial charge in [-0.3, -0.25) is 9.59 Å². The van der Waals surface area contributed by atoms with Crippen LogP contribution in [0.3, 0.4) is 0 Å². The first kappa shape index (κ1) is 25.8. The number of hydrogen-bond acceptors (Lipinski definition) is 7. The van der Waals surface area contributed by atoms with Crippen molar-refractivity contribution >= 4 is 17.8 Å². The summed E-state index contributed by atoms with van der Waals surface area (Å²) < 4.78 is 16.0. The van der Waals surface area contributed by atoms with Gasteiger partial charge in [-0.1, -0.05) is 43.7 Å². The highest BCUT2D eigenvalue weighted by Crippen LogP contribution is 2.31. The largest absolute Gasteiger partial charge is 0.493 e. The number of carbonyl (C=O) groups is 3. The predicted octanol–water partition coefficient (Wildman–Crippen LogP) is 3.81. The lowest BCUT2D eigenvalue weighted by molar-refractivity contribution is -0.151. The molecular formula is C25H32N2O6. The molecule has 0 fully saturated rings. The maximum Gasteiger partial charge on any atom is 0.328 e. The van der Waals surface area contributed by atoms with E-state index in [2.05, 4.69) is 30.2 Å². The number of aryl methyl sites for hydroxylation is 1. The third-order valence-electron chi connectivity index (χ3n) is 5.20. The Kier molecular flexibility index (Phi) is 8.96. The molecule has 0 unspecified atom stereocenters. The van der Waals surface area contributed by atoms with Crippen molar-refractivity contribution in [2.24, 2.45) is 5.92 Å². The Morgan fingerprint density at radius 3 is 2.33 bits per heavy atom. The van der Waals surface area contributed by atoms with Crippen LogP contribution in [-0.4, -0.2) is 42.1 Å². The van der Waals surface area contributed by atoms with Crippen molar-refractivity contribution in [3.63, 3.8) is 0 Å². The molecule has 0 aliphatic carbocycles. The Balaban J connectivity index is 2.14. The van der Waals surface area contributed by atoms with E-state index in [0.717, 1.165) is 11.1 Å². The normalized spacial score (nSPS) is 13.6. The van der Waals surface area contributed by atoms with Crippen LogP contribution in [0.5, 0.6) is 11.5 Å². The number of nitrogens with one attached hydrogen (secondary N) is 1. The zero-order chi connectivity index (χ0) is 24.7. The van der Waals surface area contributed by atoms with Crippen LogP contribution in [-0.2, 0) is 14.3 Å². The first-order chi connectivity index (χ1) is 15.5. The summed E-state index contributed by atoms with van der Waals surface area (Å²) in [6.45, 7) is 10.7. The summed E-state index contributed by atoms with van der Waals surface area (Å²) in [5.41, 5.74) is 2.05. The number of esters is 2. The van der Waals surface area contributed by atoms with Crippen molar-refractivity contribution in [1.82, 2.24) is 10.3 Å². The van der Waals surface area contributed by atoms with E-state index in [-0.39, 0.29) is 29.0 Å². The predicted molar refractivity (Wildman–Crippen MR) is 123 cm³/mol. The van der Waals surface area contributed by atoms with Crippen LogP contribution < -0.4 is 14.8 Å². The van der Waals surface area contributed by atoms with E-state index in [9.17, 15) is 14.4 Å². The van der Waals surface area contributed by atoms with Crippen molar-refractivity contribution in [3.8, 4) is 11.5 Å². The third kappa shape index (κ3) is 6.78. The second-order valence-electron chi connectivity index (χ2n) is 8.31. The van der Waals surface area contributed by atoms with E-state index in [0.29, 0.717) is 0 Å². The molecule has 0 saturated carbocycles. The number of aromatic nitrogens is 1. The monoisotopic (exact) mass is 456 g/mol. The topological polar surface area (TPSA) is 104 Å². The van der Waals surface area contributed by atoms with E-state index in [1.165, 1.54) is 33.2 Å². The van der Waals surface area contributed by atoms with Crippen LogP contribution in [0.2, 0.25) is 0 Å². The summed E-state index contributed by atoms with van der Waals surface area (Å²) in [4.78, 5) is 41.0. The molecule has 2 aromatic rings. The van der Waals surface area contributed by atoms with Gasteiger partial charge in [-0.15, -0.1) is 0 Å². The molecule has 2 rings (SSSR count). The number of rotatable bonds is 9. The molecule has 33 heavy (non-hydrogen) atoms. The minimum atomic E-state index is -0.955. The Morgan fingerprint density at radius 1 is 1.06 bits per heavy atom. The maximum absolute atomic E-state index is 12.8. The fourth-order valence-corrected chi connectivity index (χ4v) is 3.75. The Hall–Kier alpha value is -3.42. The number of ether oxygens (including phenoxy) is 3. The van der Waals surface area contributed by atoms with E-state index >= 15 is 0 Å². The molecule has 1 aromatic carbocycles.